The lowest BCUT2D eigenvalue weighted by molar-refractivity contribution is -0.0972. The predicted molar refractivity (Wildman–Crippen MR) is 66.1 cm³/mol. The van der Waals surface area contributed by atoms with E-state index in [9.17, 15) is 5.11 Å². The maximum absolute atomic E-state index is 11.1. The highest BCUT2D eigenvalue weighted by molar-refractivity contribution is 5.51. The number of rotatable bonds is 0. The molecule has 2 aliphatic heterocycles. The van der Waals surface area contributed by atoms with Crippen LogP contribution in [-0.2, 0) is 12.1 Å². The van der Waals surface area contributed by atoms with Crippen LogP contribution in [0, 0.1) is 0 Å². The first-order valence-corrected chi connectivity index (χ1v) is 6.02. The fourth-order valence-electron chi connectivity index (χ4n) is 3.24. The van der Waals surface area contributed by atoms with Crippen LogP contribution in [0.3, 0.4) is 0 Å². The van der Waals surface area contributed by atoms with E-state index in [4.69, 9.17) is 5.84 Å². The quantitative estimate of drug-likeness (QED) is 0.675. The smallest absolute Gasteiger partial charge is 0.186 e. The third-order valence-corrected chi connectivity index (χ3v) is 4.11. The number of benzene rings is 1. The number of aliphatic hydroxyl groups is 1. The number of pyridine rings is 1. The fraction of sp³-hybridized carbons (Fsp3) is 0.214. The Labute approximate surface area is 105 Å². The predicted octanol–water partition coefficient (Wildman–Crippen LogP) is 1.06. The van der Waals surface area contributed by atoms with E-state index in [1.54, 1.807) is 17.4 Å². The normalized spacial score (nSPS) is 28.9. The molecule has 0 radical (unpaired) electrons. The summed E-state index contributed by atoms with van der Waals surface area (Å²) in [5.41, 5.74) is 2.68. The summed E-state index contributed by atoms with van der Waals surface area (Å²) in [6.45, 7) is 0. The van der Waals surface area contributed by atoms with Crippen molar-refractivity contribution in [3.63, 3.8) is 0 Å². The van der Waals surface area contributed by atoms with E-state index in [0.717, 1.165) is 28.7 Å². The molecule has 1 aromatic heterocycles. The Hall–Kier alpha value is -1.75. The molecule has 2 unspecified atom stereocenters. The standard InChI is InChI=1S/C14H13N3O/c15-17-13-7-9-5-6-16-8-12(9)14(17,18)11-4-2-1-3-10(11)13/h1-6,8,13,18H,7,15H2. The molecule has 3 heterocycles. The van der Waals surface area contributed by atoms with Gasteiger partial charge in [0, 0.05) is 23.5 Å². The number of nitrogens with two attached hydrogens (primary N) is 1. The van der Waals surface area contributed by atoms with Gasteiger partial charge < -0.3 is 5.11 Å². The Morgan fingerprint density at radius 3 is 3.00 bits per heavy atom. The van der Waals surface area contributed by atoms with E-state index in [0.29, 0.717) is 0 Å². The molecular weight excluding hydrogens is 226 g/mol. The van der Waals surface area contributed by atoms with Gasteiger partial charge in [-0.1, -0.05) is 24.3 Å². The first-order chi connectivity index (χ1) is 8.73. The first kappa shape index (κ1) is 10.2. The SMILES string of the molecule is NN1C2Cc3ccncc3C1(O)c1ccccc12. The molecular formula is C14H13N3O. The molecule has 2 aromatic rings. The summed E-state index contributed by atoms with van der Waals surface area (Å²) in [5.74, 6) is 6.14. The van der Waals surface area contributed by atoms with E-state index >= 15 is 0 Å². The van der Waals surface area contributed by atoms with Crippen molar-refractivity contribution in [3.05, 3.63) is 65.0 Å². The highest BCUT2D eigenvalue weighted by atomic mass is 16.3. The third kappa shape index (κ3) is 0.991. The molecule has 2 atom stereocenters. The minimum absolute atomic E-state index is 0.0427. The van der Waals surface area contributed by atoms with Gasteiger partial charge in [-0.2, -0.15) is 0 Å². The van der Waals surface area contributed by atoms with Gasteiger partial charge in [-0.25, -0.2) is 5.01 Å². The summed E-state index contributed by atoms with van der Waals surface area (Å²) in [6, 6.07) is 9.91. The highest BCUT2D eigenvalue weighted by Gasteiger charge is 2.53. The summed E-state index contributed by atoms with van der Waals surface area (Å²) >= 11 is 0. The summed E-state index contributed by atoms with van der Waals surface area (Å²) in [5, 5.41) is 12.6. The molecule has 2 bridgehead atoms. The average Bonchev–Trinajstić information content (AvgIpc) is 2.56. The van der Waals surface area contributed by atoms with E-state index in [-0.39, 0.29) is 6.04 Å². The number of hydrogen-bond acceptors (Lipinski definition) is 4. The van der Waals surface area contributed by atoms with E-state index < -0.39 is 5.72 Å². The Morgan fingerprint density at radius 1 is 1.28 bits per heavy atom. The van der Waals surface area contributed by atoms with Crippen molar-refractivity contribution >= 4 is 0 Å². The maximum Gasteiger partial charge on any atom is 0.186 e. The number of fused-ring (bicyclic) bond motifs is 7. The van der Waals surface area contributed by atoms with Crippen LogP contribution in [0.25, 0.3) is 0 Å². The molecule has 18 heavy (non-hydrogen) atoms. The molecule has 4 nitrogen and oxygen atoms in total. The van der Waals surface area contributed by atoms with Gasteiger partial charge in [0.2, 0.25) is 0 Å². The van der Waals surface area contributed by atoms with E-state index in [2.05, 4.69) is 4.98 Å². The van der Waals surface area contributed by atoms with Crippen LogP contribution in [0.1, 0.15) is 28.3 Å². The summed E-state index contributed by atoms with van der Waals surface area (Å²) < 4.78 is 0. The zero-order valence-corrected chi connectivity index (χ0v) is 9.74. The van der Waals surface area contributed by atoms with Crippen molar-refractivity contribution in [2.45, 2.75) is 18.2 Å². The Balaban J connectivity index is 2.08. The molecule has 90 valence electrons. The number of aromatic nitrogens is 1. The van der Waals surface area contributed by atoms with Gasteiger partial charge in [0.1, 0.15) is 0 Å². The third-order valence-electron chi connectivity index (χ3n) is 4.11. The summed E-state index contributed by atoms with van der Waals surface area (Å²) in [6.07, 6.45) is 4.29. The van der Waals surface area contributed by atoms with Crippen LogP contribution in [-0.4, -0.2) is 15.1 Å². The Bertz CT molecular complexity index is 629. The minimum Gasteiger partial charge on any atom is -0.366 e. The molecule has 0 aliphatic carbocycles. The second-order valence-electron chi connectivity index (χ2n) is 4.92. The minimum atomic E-state index is -1.23. The van der Waals surface area contributed by atoms with Crippen molar-refractivity contribution in [1.82, 2.24) is 9.99 Å². The highest BCUT2D eigenvalue weighted by Crippen LogP contribution is 2.51. The molecule has 0 saturated carbocycles. The average molecular weight is 239 g/mol. The van der Waals surface area contributed by atoms with Crippen LogP contribution in [0.2, 0.25) is 0 Å². The molecule has 4 heteroatoms. The molecule has 3 N–H and O–H groups in total. The maximum atomic E-state index is 11.1. The second-order valence-corrected chi connectivity index (χ2v) is 4.92. The molecule has 0 fully saturated rings. The molecule has 0 spiro atoms. The monoisotopic (exact) mass is 239 g/mol. The summed E-state index contributed by atoms with van der Waals surface area (Å²) in [7, 11) is 0. The molecule has 2 aliphatic rings. The van der Waals surface area contributed by atoms with Crippen LogP contribution >= 0.6 is 0 Å². The Morgan fingerprint density at radius 2 is 2.11 bits per heavy atom. The lowest BCUT2D eigenvalue weighted by Gasteiger charge is -2.39. The number of nitrogens with zero attached hydrogens (tertiary/aromatic N) is 2. The van der Waals surface area contributed by atoms with Gasteiger partial charge in [-0.05, 0) is 23.6 Å². The second kappa shape index (κ2) is 3.17. The number of hydrogen-bond donors (Lipinski definition) is 2. The van der Waals surface area contributed by atoms with Gasteiger partial charge in [0.05, 0.1) is 6.04 Å². The first-order valence-electron chi connectivity index (χ1n) is 6.02. The Kier molecular flexibility index (Phi) is 1.80. The van der Waals surface area contributed by atoms with Crippen molar-refractivity contribution in [2.24, 2.45) is 5.84 Å². The van der Waals surface area contributed by atoms with Crippen molar-refractivity contribution in [3.8, 4) is 0 Å². The van der Waals surface area contributed by atoms with Gasteiger partial charge in [0.25, 0.3) is 0 Å². The van der Waals surface area contributed by atoms with Gasteiger partial charge in [0.15, 0.2) is 5.72 Å². The largest absolute Gasteiger partial charge is 0.366 e. The van der Waals surface area contributed by atoms with Crippen LogP contribution in [0.4, 0.5) is 0 Å². The topological polar surface area (TPSA) is 62.4 Å². The van der Waals surface area contributed by atoms with E-state index in [1.807, 2.05) is 30.3 Å². The van der Waals surface area contributed by atoms with Crippen molar-refractivity contribution in [2.75, 3.05) is 0 Å². The van der Waals surface area contributed by atoms with Gasteiger partial charge >= 0.3 is 0 Å². The lowest BCUT2D eigenvalue weighted by atomic mass is 9.91. The fourth-order valence-corrected chi connectivity index (χ4v) is 3.24. The van der Waals surface area contributed by atoms with Gasteiger partial charge in [-0.15, -0.1) is 0 Å². The number of hydrazine groups is 1. The molecule has 1 aromatic carbocycles. The molecule has 0 amide bonds. The van der Waals surface area contributed by atoms with Crippen molar-refractivity contribution in [1.29, 1.82) is 0 Å². The van der Waals surface area contributed by atoms with Crippen LogP contribution < -0.4 is 5.84 Å². The van der Waals surface area contributed by atoms with Crippen molar-refractivity contribution < 1.29 is 5.11 Å². The molecule has 0 saturated heterocycles. The zero-order chi connectivity index (χ0) is 12.3. The molecule has 4 rings (SSSR count). The summed E-state index contributed by atoms with van der Waals surface area (Å²) in [4.78, 5) is 4.13. The van der Waals surface area contributed by atoms with Gasteiger partial charge in [-0.3, -0.25) is 10.8 Å². The van der Waals surface area contributed by atoms with E-state index in [1.165, 1.54) is 0 Å². The zero-order valence-electron chi connectivity index (χ0n) is 9.74. The van der Waals surface area contributed by atoms with Crippen LogP contribution in [0.5, 0.6) is 0 Å². The lowest BCUT2D eigenvalue weighted by Crippen LogP contribution is -2.51. The van der Waals surface area contributed by atoms with Crippen LogP contribution in [0.15, 0.2) is 42.7 Å².